The third kappa shape index (κ3) is 5.86. The zero-order chi connectivity index (χ0) is 26.5. The second kappa shape index (κ2) is 11.9. The Morgan fingerprint density at radius 1 is 0.946 bits per heavy atom. The minimum absolute atomic E-state index is 0.00613. The molecule has 3 atom stereocenters. The van der Waals surface area contributed by atoms with Gasteiger partial charge in [0, 0.05) is 17.5 Å². The van der Waals surface area contributed by atoms with Crippen LogP contribution in [0.2, 0.25) is 0 Å². The van der Waals surface area contributed by atoms with E-state index in [2.05, 4.69) is 13.8 Å². The second-order valence-corrected chi connectivity index (χ2v) is 9.99. The fraction of sp³-hybridized carbons (Fsp3) is 0.533. The van der Waals surface area contributed by atoms with Crippen molar-refractivity contribution >= 4 is 11.8 Å². The van der Waals surface area contributed by atoms with Crippen LogP contribution >= 0.6 is 0 Å². The zero-order valence-corrected chi connectivity index (χ0v) is 22.3. The van der Waals surface area contributed by atoms with Gasteiger partial charge in [0.2, 0.25) is 0 Å². The summed E-state index contributed by atoms with van der Waals surface area (Å²) in [5, 5.41) is 9.47. The first kappa shape index (κ1) is 26.8. The highest BCUT2D eigenvalue weighted by Crippen LogP contribution is 2.40. The quantitative estimate of drug-likeness (QED) is 0.373. The number of fused-ring (bicyclic) bond motifs is 1. The number of ether oxygens (including phenoxy) is 4. The minimum atomic E-state index is -0.925. The normalized spacial score (nSPS) is 20.6. The number of carbonyl (C=O) groups is 2. The van der Waals surface area contributed by atoms with Gasteiger partial charge in [-0.25, -0.2) is 4.79 Å². The highest BCUT2D eigenvalue weighted by Gasteiger charge is 2.32. The topological polar surface area (TPSA) is 91.3 Å². The molecule has 0 saturated heterocycles. The molecular formula is C30H38O7. The number of carboxylic acid groups (broad SMARTS) is 1. The van der Waals surface area contributed by atoms with Gasteiger partial charge in [-0.05, 0) is 69.2 Å². The molecule has 1 aliphatic heterocycles. The average Bonchev–Trinajstić information content (AvgIpc) is 3.32. The third-order valence-electron chi connectivity index (χ3n) is 7.24. The average molecular weight is 511 g/mol. The molecule has 2 aromatic carbocycles. The van der Waals surface area contributed by atoms with Crippen molar-refractivity contribution in [2.75, 3.05) is 7.11 Å². The van der Waals surface area contributed by atoms with E-state index < -0.39 is 12.1 Å². The van der Waals surface area contributed by atoms with Crippen molar-refractivity contribution in [3.05, 3.63) is 46.5 Å². The maximum Gasteiger partial charge on any atom is 0.344 e. The molecule has 1 fully saturated rings. The van der Waals surface area contributed by atoms with E-state index in [1.54, 1.807) is 20.1 Å². The van der Waals surface area contributed by atoms with Gasteiger partial charge in [0.1, 0.15) is 35.2 Å². The van der Waals surface area contributed by atoms with Crippen molar-refractivity contribution in [2.45, 2.75) is 96.9 Å². The lowest BCUT2D eigenvalue weighted by Crippen LogP contribution is -2.31. The number of benzene rings is 2. The van der Waals surface area contributed by atoms with Crippen molar-refractivity contribution < 1.29 is 33.6 Å². The van der Waals surface area contributed by atoms with Crippen molar-refractivity contribution in [1.82, 2.24) is 0 Å². The largest absolute Gasteiger partial charge is 0.496 e. The summed E-state index contributed by atoms with van der Waals surface area (Å²) in [6, 6.07) is 7.68. The number of carbonyl (C=O) groups excluding carboxylic acids is 1. The number of hydrogen-bond donors (Lipinski definition) is 1. The van der Waals surface area contributed by atoms with Crippen LogP contribution in [0.4, 0.5) is 0 Å². The molecule has 4 rings (SSSR count). The molecule has 1 aliphatic carbocycles. The van der Waals surface area contributed by atoms with Gasteiger partial charge in [-0.15, -0.1) is 0 Å². The predicted octanol–water partition coefficient (Wildman–Crippen LogP) is 5.96. The molecule has 0 aromatic heterocycles. The molecular weight excluding hydrogens is 472 g/mol. The van der Waals surface area contributed by atoms with Crippen LogP contribution in [0.1, 0.15) is 86.3 Å². The number of rotatable bonds is 11. The van der Waals surface area contributed by atoms with E-state index in [0.29, 0.717) is 29.9 Å². The van der Waals surface area contributed by atoms with E-state index in [0.717, 1.165) is 73.1 Å². The van der Waals surface area contributed by atoms with Gasteiger partial charge in [-0.3, -0.25) is 4.79 Å². The van der Waals surface area contributed by atoms with E-state index in [9.17, 15) is 14.7 Å². The molecule has 37 heavy (non-hydrogen) atoms. The van der Waals surface area contributed by atoms with Crippen molar-refractivity contribution in [2.24, 2.45) is 0 Å². The summed E-state index contributed by atoms with van der Waals surface area (Å²) in [5.74, 6) is 1.88. The maximum absolute atomic E-state index is 12.1. The van der Waals surface area contributed by atoms with Gasteiger partial charge < -0.3 is 24.1 Å². The molecule has 0 bridgehead atoms. The summed E-state index contributed by atoms with van der Waals surface area (Å²) in [4.78, 5) is 23.6. The summed E-state index contributed by atoms with van der Waals surface area (Å²) in [7, 11) is 1.60. The molecule has 0 radical (unpaired) electrons. The lowest BCUT2D eigenvalue weighted by Gasteiger charge is -2.27. The summed E-state index contributed by atoms with van der Waals surface area (Å²) in [6.07, 6.45) is 6.14. The molecule has 1 N–H and O–H groups in total. The number of methoxy groups -OCH3 is 1. The number of carboxylic acids is 1. The lowest BCUT2D eigenvalue weighted by molar-refractivity contribution is -0.145. The van der Waals surface area contributed by atoms with Crippen LogP contribution in [0.25, 0.3) is 0 Å². The van der Waals surface area contributed by atoms with Crippen LogP contribution in [0, 0.1) is 0 Å². The maximum atomic E-state index is 12.1. The summed E-state index contributed by atoms with van der Waals surface area (Å²) >= 11 is 0. The Morgan fingerprint density at radius 2 is 1.57 bits per heavy atom. The summed E-state index contributed by atoms with van der Waals surface area (Å²) in [6.45, 7) is 5.74. The van der Waals surface area contributed by atoms with Crippen LogP contribution in [-0.2, 0) is 24.1 Å². The molecule has 2 aliphatic rings. The van der Waals surface area contributed by atoms with Crippen molar-refractivity contribution in [1.29, 1.82) is 0 Å². The SMILES string of the molecule is CCCc1c(OC2CCC(Oc3ccc(C(C)=O)c(OC)c3CCC)C2)ccc2c1OC(C(=O)O)CC2. The first-order chi connectivity index (χ1) is 17.9. The van der Waals surface area contributed by atoms with Crippen LogP contribution in [0.15, 0.2) is 24.3 Å². The van der Waals surface area contributed by atoms with E-state index in [1.807, 2.05) is 18.2 Å². The van der Waals surface area contributed by atoms with E-state index >= 15 is 0 Å². The van der Waals surface area contributed by atoms with Crippen LogP contribution < -0.4 is 18.9 Å². The third-order valence-corrected chi connectivity index (χ3v) is 7.24. The van der Waals surface area contributed by atoms with Crippen LogP contribution in [0.3, 0.4) is 0 Å². The number of Topliss-reactive ketones (excluding diaryl/α,β-unsaturated/α-hetero) is 1. The molecule has 3 unspecified atom stereocenters. The summed E-state index contributed by atoms with van der Waals surface area (Å²) < 4.78 is 24.5. The predicted molar refractivity (Wildman–Crippen MR) is 140 cm³/mol. The smallest absolute Gasteiger partial charge is 0.344 e. The van der Waals surface area contributed by atoms with Gasteiger partial charge in [-0.1, -0.05) is 32.8 Å². The van der Waals surface area contributed by atoms with Crippen molar-refractivity contribution in [3.63, 3.8) is 0 Å². The Balaban J connectivity index is 1.50. The first-order valence-electron chi connectivity index (χ1n) is 13.4. The zero-order valence-electron chi connectivity index (χ0n) is 22.3. The van der Waals surface area contributed by atoms with Crippen LogP contribution in [-0.4, -0.2) is 42.3 Å². The lowest BCUT2D eigenvalue weighted by atomic mass is 9.96. The van der Waals surface area contributed by atoms with E-state index in [1.165, 1.54) is 0 Å². The number of hydrogen-bond acceptors (Lipinski definition) is 6. The van der Waals surface area contributed by atoms with Gasteiger partial charge in [0.25, 0.3) is 0 Å². The molecule has 0 spiro atoms. The van der Waals surface area contributed by atoms with Crippen molar-refractivity contribution in [3.8, 4) is 23.0 Å². The van der Waals surface area contributed by atoms with E-state index in [-0.39, 0.29) is 18.0 Å². The second-order valence-electron chi connectivity index (χ2n) is 9.99. The highest BCUT2D eigenvalue weighted by atomic mass is 16.5. The fourth-order valence-electron chi connectivity index (χ4n) is 5.45. The van der Waals surface area contributed by atoms with Gasteiger partial charge in [-0.2, -0.15) is 0 Å². The minimum Gasteiger partial charge on any atom is -0.496 e. The molecule has 200 valence electrons. The first-order valence-corrected chi connectivity index (χ1v) is 13.4. The molecule has 2 aromatic rings. The highest BCUT2D eigenvalue weighted by molar-refractivity contribution is 5.97. The Kier molecular flexibility index (Phi) is 8.62. The molecule has 7 nitrogen and oxygen atoms in total. The van der Waals surface area contributed by atoms with Crippen LogP contribution in [0.5, 0.6) is 23.0 Å². The number of aryl methyl sites for hydroxylation is 1. The molecule has 1 heterocycles. The molecule has 0 amide bonds. The molecule has 1 saturated carbocycles. The van der Waals surface area contributed by atoms with E-state index in [4.69, 9.17) is 18.9 Å². The van der Waals surface area contributed by atoms with Gasteiger partial charge in [0.05, 0.1) is 12.7 Å². The standard InChI is InChI=1S/C30H38O7/c1-5-7-23-25(14-9-19-10-15-27(30(32)33)37-28(19)23)35-20-11-12-21(17-20)36-26-16-13-22(18(3)31)29(34-4)24(26)8-6-2/h9,13-14,16,20-21,27H,5-8,10-12,15,17H2,1-4H3,(H,32,33). The Morgan fingerprint density at radius 3 is 2.16 bits per heavy atom. The monoisotopic (exact) mass is 510 g/mol. The Hall–Kier alpha value is -3.22. The Labute approximate surface area is 219 Å². The summed E-state index contributed by atoms with van der Waals surface area (Å²) in [5.41, 5.74) is 3.53. The Bertz CT molecular complexity index is 1140. The number of ketones is 1. The van der Waals surface area contributed by atoms with Gasteiger partial charge >= 0.3 is 5.97 Å². The fourth-order valence-corrected chi connectivity index (χ4v) is 5.45. The number of aliphatic carboxylic acids is 1. The molecule has 7 heteroatoms. The van der Waals surface area contributed by atoms with Gasteiger partial charge in [0.15, 0.2) is 11.9 Å².